The molecule has 0 amide bonds. The summed E-state index contributed by atoms with van der Waals surface area (Å²) in [7, 11) is 0. The third-order valence-electron chi connectivity index (χ3n) is 1.48. The van der Waals surface area contributed by atoms with Gasteiger partial charge >= 0.3 is 81.8 Å². The average molecular weight is 278 g/mol. The summed E-state index contributed by atoms with van der Waals surface area (Å²) in [4.78, 5) is 0. The fraction of sp³-hybridized carbons (Fsp3) is 0.400. The third kappa shape index (κ3) is 2.45. The van der Waals surface area contributed by atoms with Crippen molar-refractivity contribution in [2.45, 2.75) is 24.2 Å². The predicted molar refractivity (Wildman–Crippen MR) is 61.1 cm³/mol. The molecule has 1 nitrogen and oxygen atoms in total. The van der Waals surface area contributed by atoms with Gasteiger partial charge in [0.1, 0.15) is 0 Å². The molecule has 0 radical (unpaired) electrons. The Labute approximate surface area is 81.7 Å². The van der Waals surface area contributed by atoms with Crippen molar-refractivity contribution < 1.29 is 3.44 Å². The quantitative estimate of drug-likeness (QED) is 0.618. The molecule has 0 fully saturated rings. The Hall–Kier alpha value is -0.0900. The number of benzene rings is 1. The molecular weight excluding hydrogens is 263 g/mol. The Morgan fingerprint density at radius 3 is 2.00 bits per heavy atom. The minimum atomic E-state index is -1.92. The van der Waals surface area contributed by atoms with E-state index in [1.165, 1.54) is 0 Å². The summed E-state index contributed by atoms with van der Waals surface area (Å²) in [5.74, 6) is 0. The van der Waals surface area contributed by atoms with Gasteiger partial charge in [-0.25, -0.2) is 0 Å². The van der Waals surface area contributed by atoms with Gasteiger partial charge in [-0.05, 0) is 0 Å². The van der Waals surface area contributed by atoms with Crippen molar-refractivity contribution >= 4 is 20.2 Å². The molecule has 1 aromatic carbocycles. The van der Waals surface area contributed by atoms with Crippen LogP contribution in [0.15, 0.2) is 30.3 Å². The van der Waals surface area contributed by atoms with E-state index in [1.807, 2.05) is 30.3 Å². The van der Waals surface area contributed by atoms with E-state index in [0.29, 0.717) is 0 Å². The molecule has 1 aromatic rings. The molecule has 68 valence electrons. The van der Waals surface area contributed by atoms with Crippen molar-refractivity contribution in [3.63, 3.8) is 0 Å². The second-order valence-corrected chi connectivity index (χ2v) is 9.61. The van der Waals surface area contributed by atoms with E-state index in [9.17, 15) is 3.44 Å². The van der Waals surface area contributed by atoms with Gasteiger partial charge in [0.15, 0.2) is 0 Å². The van der Waals surface area contributed by atoms with Crippen LogP contribution in [0.25, 0.3) is 0 Å². The Balaban J connectivity index is 2.86. The Morgan fingerprint density at radius 2 is 1.58 bits per heavy atom. The van der Waals surface area contributed by atoms with Crippen molar-refractivity contribution in [3.8, 4) is 0 Å². The van der Waals surface area contributed by atoms with Gasteiger partial charge in [-0.3, -0.25) is 0 Å². The van der Waals surface area contributed by atoms with Crippen LogP contribution in [0.4, 0.5) is 0 Å². The molecule has 0 aliphatic carbocycles. The first-order valence-corrected chi connectivity index (χ1v) is 7.08. The molecule has 0 aliphatic rings. The zero-order valence-electron chi connectivity index (χ0n) is 7.71. The number of rotatable bonds is 1. The molecule has 12 heavy (non-hydrogen) atoms. The summed E-state index contributed by atoms with van der Waals surface area (Å²) in [5, 5.41) is 0. The van der Waals surface area contributed by atoms with E-state index in [2.05, 4.69) is 20.8 Å². The fourth-order valence-electron chi connectivity index (χ4n) is 0.861. The summed E-state index contributed by atoms with van der Waals surface area (Å²) in [6, 6.07) is 10.0. The van der Waals surface area contributed by atoms with Crippen LogP contribution in [0.3, 0.4) is 0 Å². The van der Waals surface area contributed by atoms with E-state index < -0.39 is 20.2 Å². The van der Waals surface area contributed by atoms with Gasteiger partial charge in [-0.2, -0.15) is 0 Å². The zero-order chi connectivity index (χ0) is 9.19. The van der Waals surface area contributed by atoms with Gasteiger partial charge in [-0.15, -0.1) is 0 Å². The summed E-state index contributed by atoms with van der Waals surface area (Å²) in [6.07, 6.45) is 0. The molecule has 1 rings (SSSR count). The Morgan fingerprint density at radius 1 is 1.08 bits per heavy atom. The van der Waals surface area contributed by atoms with Crippen LogP contribution in [0, 0.1) is 3.57 Å². The average Bonchev–Trinajstić information content (AvgIpc) is 2.03. The second-order valence-electron chi connectivity index (χ2n) is 3.63. The molecule has 0 saturated carbocycles. The topological polar surface area (TPSA) is 20.2 Å². The van der Waals surface area contributed by atoms with Crippen molar-refractivity contribution in [3.05, 3.63) is 33.9 Å². The molecule has 0 atom stereocenters. The normalized spacial score (nSPS) is 12.8. The van der Waals surface area contributed by atoms with Crippen LogP contribution >= 0.6 is 20.2 Å². The van der Waals surface area contributed by atoms with Crippen LogP contribution in [0.5, 0.6) is 0 Å². The van der Waals surface area contributed by atoms with E-state index in [1.54, 1.807) is 0 Å². The molecule has 0 spiro atoms. The van der Waals surface area contributed by atoms with E-state index >= 15 is 0 Å². The van der Waals surface area contributed by atoms with Crippen LogP contribution < -0.4 is 0 Å². The summed E-state index contributed by atoms with van der Waals surface area (Å²) >= 11 is -1.92. The molecule has 0 aromatic heterocycles. The van der Waals surface area contributed by atoms with Crippen molar-refractivity contribution in [2.24, 2.45) is 0 Å². The number of alkyl halides is 1. The number of hydrogen-bond donors (Lipinski definition) is 1. The van der Waals surface area contributed by atoms with Gasteiger partial charge in [0, 0.05) is 0 Å². The molecular formula is C10H15IO. The van der Waals surface area contributed by atoms with Gasteiger partial charge < -0.3 is 0 Å². The Kier molecular flexibility index (Phi) is 3.12. The summed E-state index contributed by atoms with van der Waals surface area (Å²) in [6.45, 7) is 6.31. The summed E-state index contributed by atoms with van der Waals surface area (Å²) in [5.41, 5.74) is 0. The van der Waals surface area contributed by atoms with E-state index in [4.69, 9.17) is 0 Å². The molecule has 0 saturated heterocycles. The van der Waals surface area contributed by atoms with E-state index in [-0.39, 0.29) is 3.42 Å². The van der Waals surface area contributed by atoms with Crippen LogP contribution in [-0.2, 0) is 0 Å². The van der Waals surface area contributed by atoms with Gasteiger partial charge in [0.25, 0.3) is 0 Å². The molecule has 0 unspecified atom stereocenters. The first-order valence-electron chi connectivity index (χ1n) is 3.96. The van der Waals surface area contributed by atoms with Crippen LogP contribution in [-0.4, -0.2) is 6.86 Å². The second kappa shape index (κ2) is 3.75. The fourth-order valence-corrected chi connectivity index (χ4v) is 3.83. The third-order valence-corrected chi connectivity index (χ3v) is 6.44. The van der Waals surface area contributed by atoms with Gasteiger partial charge in [0.05, 0.1) is 0 Å². The monoisotopic (exact) mass is 278 g/mol. The molecule has 1 N–H and O–H groups in total. The standard InChI is InChI=1S/C10H15IO/c1-10(2,3)11(12)9-7-5-4-6-8-9/h4-8,12H,1-3H3. The van der Waals surface area contributed by atoms with Crippen molar-refractivity contribution in [1.29, 1.82) is 0 Å². The molecule has 0 heterocycles. The number of hydrogen-bond acceptors (Lipinski definition) is 1. The predicted octanol–water partition coefficient (Wildman–Crippen LogP) is 3.07. The zero-order valence-corrected chi connectivity index (χ0v) is 9.87. The molecule has 0 aliphatic heterocycles. The molecule has 0 bridgehead atoms. The first-order chi connectivity index (χ1) is 5.52. The van der Waals surface area contributed by atoms with Gasteiger partial charge in [0.2, 0.25) is 0 Å². The first kappa shape index (κ1) is 9.99. The minimum absolute atomic E-state index is 0.0747. The Bertz CT molecular complexity index is 238. The molecule has 2 heteroatoms. The van der Waals surface area contributed by atoms with Crippen molar-refractivity contribution in [2.75, 3.05) is 0 Å². The summed E-state index contributed by atoms with van der Waals surface area (Å²) < 4.78 is 11.2. The maximum absolute atomic E-state index is 10.0. The van der Waals surface area contributed by atoms with Crippen LogP contribution in [0.2, 0.25) is 0 Å². The number of halogens is 1. The van der Waals surface area contributed by atoms with Gasteiger partial charge in [-0.1, -0.05) is 0 Å². The van der Waals surface area contributed by atoms with E-state index in [0.717, 1.165) is 3.57 Å². The SMILES string of the molecule is CC(C)(C)I(O)c1ccccc1. The van der Waals surface area contributed by atoms with Crippen LogP contribution in [0.1, 0.15) is 20.8 Å². The van der Waals surface area contributed by atoms with Crippen molar-refractivity contribution in [1.82, 2.24) is 0 Å². The maximum atomic E-state index is 10.0.